The molecule has 74 valence electrons. The van der Waals surface area contributed by atoms with E-state index in [4.69, 9.17) is 5.73 Å². The van der Waals surface area contributed by atoms with E-state index in [1.165, 1.54) is 5.56 Å². The third kappa shape index (κ3) is 3.23. The zero-order valence-electron chi connectivity index (χ0n) is 9.04. The second kappa shape index (κ2) is 3.54. The molecule has 0 radical (unpaired) electrons. The van der Waals surface area contributed by atoms with Crippen molar-refractivity contribution < 1.29 is 0 Å². The normalized spacial score (nSPS) is 14.5. The summed E-state index contributed by atoms with van der Waals surface area (Å²) in [7, 11) is 2.02. The van der Waals surface area contributed by atoms with E-state index >= 15 is 0 Å². The van der Waals surface area contributed by atoms with Gasteiger partial charge in [0.2, 0.25) is 0 Å². The van der Waals surface area contributed by atoms with Gasteiger partial charge in [0.05, 0.1) is 0 Å². The molecule has 2 N–H and O–H groups in total. The number of nitrogens with zero attached hydrogens (tertiary/aromatic N) is 1. The zero-order valence-corrected chi connectivity index (χ0v) is 9.04. The second-order valence-corrected chi connectivity index (χ2v) is 4.98. The molecule has 13 heavy (non-hydrogen) atoms. The van der Waals surface area contributed by atoms with Crippen molar-refractivity contribution in [2.24, 2.45) is 18.2 Å². The Morgan fingerprint density at radius 3 is 2.46 bits per heavy atom. The molecule has 0 aromatic carbocycles. The Morgan fingerprint density at radius 2 is 2.08 bits per heavy atom. The topological polar surface area (TPSA) is 30.9 Å². The molecule has 1 rings (SSSR count). The van der Waals surface area contributed by atoms with Crippen LogP contribution in [0, 0.1) is 5.41 Å². The molecule has 1 unspecified atom stereocenters. The lowest BCUT2D eigenvalue weighted by molar-refractivity contribution is 0.343. The highest BCUT2D eigenvalue weighted by molar-refractivity contribution is 5.14. The second-order valence-electron chi connectivity index (χ2n) is 4.98. The Hall–Kier alpha value is -0.760. The minimum Gasteiger partial charge on any atom is -0.357 e. The van der Waals surface area contributed by atoms with Crippen molar-refractivity contribution in [1.29, 1.82) is 0 Å². The summed E-state index contributed by atoms with van der Waals surface area (Å²) in [5, 5.41) is 0. The maximum absolute atomic E-state index is 6.08. The molecule has 0 aliphatic rings. The van der Waals surface area contributed by atoms with Gasteiger partial charge >= 0.3 is 0 Å². The molecule has 1 heterocycles. The first-order valence-electron chi connectivity index (χ1n) is 4.76. The molecular weight excluding hydrogens is 160 g/mol. The Kier molecular flexibility index (Phi) is 2.81. The van der Waals surface area contributed by atoms with Gasteiger partial charge in [-0.15, -0.1) is 0 Å². The summed E-state index contributed by atoms with van der Waals surface area (Å²) in [6, 6.07) is 2.26. The van der Waals surface area contributed by atoms with Gasteiger partial charge in [0.25, 0.3) is 0 Å². The van der Waals surface area contributed by atoms with E-state index < -0.39 is 0 Å². The smallest absolute Gasteiger partial charge is 0.0314 e. The fraction of sp³-hybridized carbons (Fsp3) is 0.636. The molecule has 0 aliphatic carbocycles. The van der Waals surface area contributed by atoms with Crippen LogP contribution in [-0.2, 0) is 7.05 Å². The van der Waals surface area contributed by atoms with Crippen LogP contribution >= 0.6 is 0 Å². The monoisotopic (exact) mass is 180 g/mol. The molecule has 0 bridgehead atoms. The lowest BCUT2D eigenvalue weighted by Crippen LogP contribution is -2.18. The average molecular weight is 180 g/mol. The number of aromatic nitrogens is 1. The average Bonchev–Trinajstić information content (AvgIpc) is 2.31. The van der Waals surface area contributed by atoms with Crippen LogP contribution in [0.3, 0.4) is 0 Å². The Bertz CT molecular complexity index is 268. The predicted molar refractivity (Wildman–Crippen MR) is 56.4 cm³/mol. The van der Waals surface area contributed by atoms with E-state index in [2.05, 4.69) is 33.0 Å². The van der Waals surface area contributed by atoms with Crippen molar-refractivity contribution in [3.8, 4) is 0 Å². The van der Waals surface area contributed by atoms with Crippen LogP contribution in [0.15, 0.2) is 18.5 Å². The van der Waals surface area contributed by atoms with Crippen LogP contribution in [0.1, 0.15) is 38.8 Å². The Morgan fingerprint density at radius 1 is 1.46 bits per heavy atom. The molecule has 1 atom stereocenters. The van der Waals surface area contributed by atoms with Crippen LogP contribution in [-0.4, -0.2) is 4.57 Å². The van der Waals surface area contributed by atoms with E-state index in [1.54, 1.807) is 0 Å². The van der Waals surface area contributed by atoms with Gasteiger partial charge in [0.15, 0.2) is 0 Å². The quantitative estimate of drug-likeness (QED) is 0.744. The van der Waals surface area contributed by atoms with Gasteiger partial charge in [-0.25, -0.2) is 0 Å². The van der Waals surface area contributed by atoms with Crippen molar-refractivity contribution >= 4 is 0 Å². The van der Waals surface area contributed by atoms with Crippen LogP contribution in [0.2, 0.25) is 0 Å². The van der Waals surface area contributed by atoms with E-state index in [-0.39, 0.29) is 6.04 Å². The van der Waals surface area contributed by atoms with E-state index in [1.807, 2.05) is 17.8 Å². The highest BCUT2D eigenvalue weighted by Gasteiger charge is 2.17. The number of hydrogen-bond donors (Lipinski definition) is 1. The molecular formula is C11H20N2. The van der Waals surface area contributed by atoms with Crippen LogP contribution < -0.4 is 5.73 Å². The van der Waals surface area contributed by atoms with E-state index in [0.29, 0.717) is 5.41 Å². The fourth-order valence-electron chi connectivity index (χ4n) is 1.52. The first-order valence-corrected chi connectivity index (χ1v) is 4.76. The van der Waals surface area contributed by atoms with Gasteiger partial charge < -0.3 is 10.3 Å². The molecule has 0 amide bonds. The summed E-state index contributed by atoms with van der Waals surface area (Å²) >= 11 is 0. The molecule has 2 nitrogen and oxygen atoms in total. The summed E-state index contributed by atoms with van der Waals surface area (Å²) in [6.07, 6.45) is 5.16. The predicted octanol–water partition coefficient (Wildman–Crippen LogP) is 2.46. The number of rotatable bonds is 2. The first kappa shape index (κ1) is 10.3. The van der Waals surface area contributed by atoms with Gasteiger partial charge in [0, 0.05) is 25.5 Å². The van der Waals surface area contributed by atoms with Crippen molar-refractivity contribution in [2.75, 3.05) is 0 Å². The van der Waals surface area contributed by atoms with Crippen molar-refractivity contribution in [2.45, 2.75) is 33.2 Å². The molecule has 0 saturated heterocycles. The Balaban J connectivity index is 2.64. The number of nitrogens with two attached hydrogens (primary N) is 1. The van der Waals surface area contributed by atoms with Gasteiger partial charge in [0.1, 0.15) is 0 Å². The largest absolute Gasteiger partial charge is 0.357 e. The summed E-state index contributed by atoms with van der Waals surface area (Å²) in [6.45, 7) is 6.65. The van der Waals surface area contributed by atoms with Gasteiger partial charge in [-0.3, -0.25) is 0 Å². The van der Waals surface area contributed by atoms with Crippen LogP contribution in [0.25, 0.3) is 0 Å². The summed E-state index contributed by atoms with van der Waals surface area (Å²) < 4.78 is 2.04. The first-order chi connectivity index (χ1) is 5.88. The lowest BCUT2D eigenvalue weighted by atomic mass is 9.86. The summed E-state index contributed by atoms with van der Waals surface area (Å²) in [5.74, 6) is 0. The minimum absolute atomic E-state index is 0.168. The van der Waals surface area contributed by atoms with Crippen molar-refractivity contribution in [3.63, 3.8) is 0 Å². The van der Waals surface area contributed by atoms with E-state index in [0.717, 1.165) is 6.42 Å². The maximum Gasteiger partial charge on any atom is 0.0314 e. The molecule has 1 aromatic rings. The Labute approximate surface area is 80.7 Å². The SMILES string of the molecule is Cn1ccc(C(N)CC(C)(C)C)c1. The highest BCUT2D eigenvalue weighted by Crippen LogP contribution is 2.27. The van der Waals surface area contributed by atoms with Crippen molar-refractivity contribution in [3.05, 3.63) is 24.0 Å². The molecule has 2 heteroatoms. The lowest BCUT2D eigenvalue weighted by Gasteiger charge is -2.22. The van der Waals surface area contributed by atoms with Crippen LogP contribution in [0.4, 0.5) is 0 Å². The zero-order chi connectivity index (χ0) is 10.1. The minimum atomic E-state index is 0.168. The standard InChI is InChI=1S/C11H20N2/c1-11(2,3)7-10(12)9-5-6-13(4)8-9/h5-6,8,10H,7,12H2,1-4H3. The third-order valence-electron chi connectivity index (χ3n) is 2.12. The number of hydrogen-bond acceptors (Lipinski definition) is 1. The highest BCUT2D eigenvalue weighted by atomic mass is 14.9. The molecule has 0 fully saturated rings. The van der Waals surface area contributed by atoms with Gasteiger partial charge in [-0.05, 0) is 23.5 Å². The molecule has 0 saturated carbocycles. The third-order valence-corrected chi connectivity index (χ3v) is 2.12. The maximum atomic E-state index is 6.08. The van der Waals surface area contributed by atoms with Crippen molar-refractivity contribution in [1.82, 2.24) is 4.57 Å². The fourth-order valence-corrected chi connectivity index (χ4v) is 1.52. The molecule has 0 aliphatic heterocycles. The molecule has 0 spiro atoms. The van der Waals surface area contributed by atoms with Gasteiger partial charge in [-0.2, -0.15) is 0 Å². The van der Waals surface area contributed by atoms with Gasteiger partial charge in [-0.1, -0.05) is 20.8 Å². The van der Waals surface area contributed by atoms with Crippen LogP contribution in [0.5, 0.6) is 0 Å². The van der Waals surface area contributed by atoms with E-state index in [9.17, 15) is 0 Å². The summed E-state index contributed by atoms with van der Waals surface area (Å²) in [4.78, 5) is 0. The summed E-state index contributed by atoms with van der Waals surface area (Å²) in [5.41, 5.74) is 7.62. The number of aryl methyl sites for hydroxylation is 1. The molecule has 1 aromatic heterocycles.